The van der Waals surface area contributed by atoms with Gasteiger partial charge in [0.1, 0.15) is 0 Å². The van der Waals surface area contributed by atoms with Crippen LogP contribution in [0.5, 0.6) is 0 Å². The van der Waals surface area contributed by atoms with Crippen LogP contribution in [0.2, 0.25) is 0 Å². The number of rotatable bonds is 3. The van der Waals surface area contributed by atoms with Crippen LogP contribution in [0.4, 0.5) is 17.2 Å². The van der Waals surface area contributed by atoms with Gasteiger partial charge in [0.2, 0.25) is 5.91 Å². The van der Waals surface area contributed by atoms with Crippen molar-refractivity contribution in [3.05, 3.63) is 41.9 Å². The number of carbonyl (C=O) groups excluding carboxylic acids is 1. The molecule has 0 spiro atoms. The number of carbonyl (C=O) groups is 1. The molecule has 1 saturated heterocycles. The van der Waals surface area contributed by atoms with Crippen LogP contribution >= 0.6 is 0 Å². The van der Waals surface area contributed by atoms with Crippen molar-refractivity contribution in [1.82, 2.24) is 24.5 Å². The van der Waals surface area contributed by atoms with Gasteiger partial charge in [-0.1, -0.05) is 6.07 Å². The summed E-state index contributed by atoms with van der Waals surface area (Å²) in [6, 6.07) is 6.77. The van der Waals surface area contributed by atoms with E-state index in [-0.39, 0.29) is 11.9 Å². The minimum Gasteiger partial charge on any atom is -0.382 e. The lowest BCUT2D eigenvalue weighted by atomic mass is 10.0. The van der Waals surface area contributed by atoms with Gasteiger partial charge >= 0.3 is 0 Å². The van der Waals surface area contributed by atoms with Crippen molar-refractivity contribution >= 4 is 23.1 Å². The van der Waals surface area contributed by atoms with Crippen LogP contribution < -0.4 is 10.2 Å². The van der Waals surface area contributed by atoms with Crippen molar-refractivity contribution in [2.24, 2.45) is 7.05 Å². The Labute approximate surface area is 192 Å². The normalized spacial score (nSPS) is 19.9. The predicted octanol–water partition coefficient (Wildman–Crippen LogP) is 2.71. The van der Waals surface area contributed by atoms with Crippen LogP contribution in [0.25, 0.3) is 11.1 Å². The SMILES string of the molecule is CC(=O)N1CCc2c(c(N3CCNc4cc(-c5cnn(C)c5)ccc43)nn2[C@H]2CCOC2)C1. The van der Waals surface area contributed by atoms with Gasteiger partial charge < -0.3 is 19.9 Å². The van der Waals surface area contributed by atoms with E-state index in [0.717, 1.165) is 67.4 Å². The largest absolute Gasteiger partial charge is 0.382 e. The number of fused-ring (bicyclic) bond motifs is 2. The standard InChI is InChI=1S/C24H29N7O2/c1-16(32)29-8-5-22-20(14-29)24(27-31(22)19-6-10-33-15-19)30-9-7-25-21-11-17(3-4-23(21)30)18-12-26-28(2)13-18/h3-4,11-13,19,25H,5-10,14-15H2,1-2H3/t19-/m0/s1. The highest BCUT2D eigenvalue weighted by Gasteiger charge is 2.33. The maximum absolute atomic E-state index is 12.2. The highest BCUT2D eigenvalue weighted by molar-refractivity contribution is 5.83. The van der Waals surface area contributed by atoms with E-state index in [1.807, 2.05) is 29.0 Å². The molecule has 3 aromatic rings. The molecule has 0 aliphatic carbocycles. The maximum Gasteiger partial charge on any atom is 0.219 e. The molecule has 9 heteroatoms. The first-order valence-corrected chi connectivity index (χ1v) is 11.7. The third kappa shape index (κ3) is 3.47. The quantitative estimate of drug-likeness (QED) is 0.665. The number of aryl methyl sites for hydroxylation is 1. The second-order valence-corrected chi connectivity index (χ2v) is 9.11. The summed E-state index contributed by atoms with van der Waals surface area (Å²) in [4.78, 5) is 16.4. The Morgan fingerprint density at radius 3 is 2.91 bits per heavy atom. The molecule has 2 aromatic heterocycles. The van der Waals surface area contributed by atoms with Gasteiger partial charge in [-0.25, -0.2) is 0 Å². The Morgan fingerprint density at radius 2 is 2.15 bits per heavy atom. The molecule has 0 radical (unpaired) electrons. The summed E-state index contributed by atoms with van der Waals surface area (Å²) in [6.07, 6.45) is 5.73. The Balaban J connectivity index is 1.42. The summed E-state index contributed by atoms with van der Waals surface area (Å²) in [5.41, 5.74) is 6.87. The van der Waals surface area contributed by atoms with Crippen LogP contribution in [0.1, 0.15) is 30.6 Å². The Hall–Kier alpha value is -3.33. The van der Waals surface area contributed by atoms with Gasteiger partial charge in [0, 0.05) is 69.7 Å². The van der Waals surface area contributed by atoms with E-state index in [4.69, 9.17) is 9.84 Å². The topological polar surface area (TPSA) is 80.5 Å². The van der Waals surface area contributed by atoms with Gasteiger partial charge in [0.15, 0.2) is 5.82 Å². The fraction of sp³-hybridized carbons (Fsp3) is 0.458. The number of nitrogens with one attached hydrogen (secondary N) is 1. The molecule has 1 amide bonds. The Bertz CT molecular complexity index is 1210. The number of aromatic nitrogens is 4. The highest BCUT2D eigenvalue weighted by atomic mass is 16.5. The van der Waals surface area contributed by atoms with E-state index < -0.39 is 0 Å². The van der Waals surface area contributed by atoms with E-state index in [1.165, 1.54) is 11.3 Å². The van der Waals surface area contributed by atoms with Crippen molar-refractivity contribution in [2.75, 3.05) is 43.1 Å². The number of anilines is 3. The van der Waals surface area contributed by atoms with Crippen molar-refractivity contribution < 1.29 is 9.53 Å². The zero-order valence-electron chi connectivity index (χ0n) is 19.1. The first kappa shape index (κ1) is 20.3. The smallest absolute Gasteiger partial charge is 0.219 e. The second kappa shape index (κ2) is 7.91. The number of hydrogen-bond acceptors (Lipinski definition) is 6. The zero-order valence-corrected chi connectivity index (χ0v) is 19.1. The summed E-state index contributed by atoms with van der Waals surface area (Å²) in [6.45, 7) is 6.14. The van der Waals surface area contributed by atoms with Gasteiger partial charge in [0.25, 0.3) is 0 Å². The van der Waals surface area contributed by atoms with Gasteiger partial charge in [-0.3, -0.25) is 14.2 Å². The molecule has 6 rings (SSSR count). The summed E-state index contributed by atoms with van der Waals surface area (Å²) in [5.74, 6) is 1.09. The molecule has 1 atom stereocenters. The molecule has 9 nitrogen and oxygen atoms in total. The molecule has 3 aliphatic heterocycles. The number of nitrogens with zero attached hydrogens (tertiary/aromatic N) is 6. The Morgan fingerprint density at radius 1 is 1.24 bits per heavy atom. The molecular formula is C24H29N7O2. The van der Waals surface area contributed by atoms with E-state index in [9.17, 15) is 4.79 Å². The number of hydrogen-bond donors (Lipinski definition) is 1. The Kier molecular flexibility index (Phi) is 4.86. The van der Waals surface area contributed by atoms with Gasteiger partial charge in [0.05, 0.1) is 36.8 Å². The molecule has 1 fully saturated rings. The van der Waals surface area contributed by atoms with Crippen LogP contribution in [0.15, 0.2) is 30.6 Å². The molecule has 172 valence electrons. The van der Waals surface area contributed by atoms with Crippen LogP contribution in [0, 0.1) is 0 Å². The fourth-order valence-corrected chi connectivity index (χ4v) is 5.24. The van der Waals surface area contributed by atoms with Crippen molar-refractivity contribution in [3.63, 3.8) is 0 Å². The third-order valence-corrected chi connectivity index (χ3v) is 6.99. The molecule has 1 N–H and O–H groups in total. The summed E-state index contributed by atoms with van der Waals surface area (Å²) < 4.78 is 9.69. The van der Waals surface area contributed by atoms with Crippen molar-refractivity contribution in [2.45, 2.75) is 32.4 Å². The van der Waals surface area contributed by atoms with Crippen LogP contribution in [-0.4, -0.2) is 63.2 Å². The van der Waals surface area contributed by atoms with E-state index in [2.05, 4.69) is 38.2 Å². The minimum atomic E-state index is 0.116. The van der Waals surface area contributed by atoms with E-state index >= 15 is 0 Å². The lowest BCUT2D eigenvalue weighted by molar-refractivity contribution is -0.129. The van der Waals surface area contributed by atoms with E-state index in [1.54, 1.807) is 6.92 Å². The molecule has 0 unspecified atom stereocenters. The summed E-state index contributed by atoms with van der Waals surface area (Å²) >= 11 is 0. The first-order valence-electron chi connectivity index (χ1n) is 11.7. The number of benzene rings is 1. The molecule has 33 heavy (non-hydrogen) atoms. The molecular weight excluding hydrogens is 418 g/mol. The predicted molar refractivity (Wildman–Crippen MR) is 126 cm³/mol. The van der Waals surface area contributed by atoms with Crippen molar-refractivity contribution in [1.29, 1.82) is 0 Å². The fourth-order valence-electron chi connectivity index (χ4n) is 5.24. The van der Waals surface area contributed by atoms with Gasteiger partial charge in [-0.05, 0) is 24.1 Å². The number of ether oxygens (including phenoxy) is 1. The molecule has 0 saturated carbocycles. The minimum absolute atomic E-state index is 0.116. The molecule has 1 aromatic carbocycles. The van der Waals surface area contributed by atoms with E-state index in [0.29, 0.717) is 13.2 Å². The van der Waals surface area contributed by atoms with Crippen LogP contribution in [0.3, 0.4) is 0 Å². The monoisotopic (exact) mass is 447 g/mol. The average molecular weight is 448 g/mol. The zero-order chi connectivity index (χ0) is 22.5. The molecule has 5 heterocycles. The third-order valence-electron chi connectivity index (χ3n) is 6.99. The maximum atomic E-state index is 12.2. The molecule has 0 bridgehead atoms. The summed E-state index contributed by atoms with van der Waals surface area (Å²) in [5, 5.41) is 13.0. The second-order valence-electron chi connectivity index (χ2n) is 9.11. The van der Waals surface area contributed by atoms with Gasteiger partial charge in [-0.15, -0.1) is 0 Å². The van der Waals surface area contributed by atoms with Crippen LogP contribution in [-0.2, 0) is 29.5 Å². The summed E-state index contributed by atoms with van der Waals surface area (Å²) in [7, 11) is 1.93. The van der Waals surface area contributed by atoms with Crippen molar-refractivity contribution in [3.8, 4) is 11.1 Å². The van der Waals surface area contributed by atoms with Gasteiger partial charge in [-0.2, -0.15) is 10.2 Å². The average Bonchev–Trinajstić information content (AvgIpc) is 3.57. The lowest BCUT2D eigenvalue weighted by Crippen LogP contribution is -2.36. The lowest BCUT2D eigenvalue weighted by Gasteiger charge is -2.33. The highest BCUT2D eigenvalue weighted by Crippen LogP contribution is 2.41. The first-order chi connectivity index (χ1) is 16.1. The number of amides is 1. The molecule has 3 aliphatic rings.